The Morgan fingerprint density at radius 1 is 1.56 bits per heavy atom. The van der Waals surface area contributed by atoms with Crippen molar-refractivity contribution in [3.8, 4) is 0 Å². The Bertz CT molecular complexity index is 286. The second-order valence-electron chi connectivity index (χ2n) is 4.14. The summed E-state index contributed by atoms with van der Waals surface area (Å²) in [5.41, 5.74) is 1.23. The molecule has 4 nitrogen and oxygen atoms in total. The molecule has 0 N–H and O–H groups in total. The number of morpholine rings is 1. The van der Waals surface area contributed by atoms with Crippen molar-refractivity contribution in [2.45, 2.75) is 19.1 Å². The van der Waals surface area contributed by atoms with Gasteiger partial charge in [0, 0.05) is 38.9 Å². The van der Waals surface area contributed by atoms with Crippen molar-refractivity contribution in [3.63, 3.8) is 0 Å². The van der Waals surface area contributed by atoms with E-state index in [1.165, 1.54) is 5.56 Å². The fourth-order valence-corrected chi connectivity index (χ4v) is 1.99. The Morgan fingerprint density at radius 3 is 3.25 bits per heavy atom. The van der Waals surface area contributed by atoms with Gasteiger partial charge in [-0.05, 0) is 12.5 Å². The molecule has 0 saturated carbocycles. The number of ether oxygens (including phenoxy) is 2. The molecule has 0 amide bonds. The minimum atomic E-state index is 0.306. The molecule has 4 heteroatoms. The van der Waals surface area contributed by atoms with Crippen LogP contribution in [0.25, 0.3) is 0 Å². The summed E-state index contributed by atoms with van der Waals surface area (Å²) in [6, 6.07) is 2.01. The van der Waals surface area contributed by atoms with Gasteiger partial charge in [-0.1, -0.05) is 0 Å². The van der Waals surface area contributed by atoms with Gasteiger partial charge in [0.1, 0.15) is 0 Å². The summed E-state index contributed by atoms with van der Waals surface area (Å²) < 4.78 is 15.8. The minimum absolute atomic E-state index is 0.306. The van der Waals surface area contributed by atoms with Gasteiger partial charge >= 0.3 is 0 Å². The molecular formula is C12H19NO3. The van der Waals surface area contributed by atoms with Crippen LogP contribution in [-0.2, 0) is 16.0 Å². The van der Waals surface area contributed by atoms with E-state index in [9.17, 15) is 0 Å². The van der Waals surface area contributed by atoms with E-state index in [1.807, 2.05) is 6.07 Å². The predicted molar refractivity (Wildman–Crippen MR) is 60.2 cm³/mol. The fraction of sp³-hybridized carbons (Fsp3) is 0.667. The molecule has 0 aromatic carbocycles. The lowest BCUT2D eigenvalue weighted by Crippen LogP contribution is -2.42. The van der Waals surface area contributed by atoms with Crippen molar-refractivity contribution in [2.75, 3.05) is 33.4 Å². The van der Waals surface area contributed by atoms with Gasteiger partial charge in [-0.25, -0.2) is 0 Å². The molecule has 1 saturated heterocycles. The first-order valence-corrected chi connectivity index (χ1v) is 5.72. The summed E-state index contributed by atoms with van der Waals surface area (Å²) in [5, 5.41) is 0. The van der Waals surface area contributed by atoms with Gasteiger partial charge in [-0.15, -0.1) is 0 Å². The van der Waals surface area contributed by atoms with Gasteiger partial charge in [-0.2, -0.15) is 0 Å². The van der Waals surface area contributed by atoms with Gasteiger partial charge < -0.3 is 13.9 Å². The highest BCUT2D eigenvalue weighted by molar-refractivity contribution is 5.05. The minimum Gasteiger partial charge on any atom is -0.472 e. The van der Waals surface area contributed by atoms with Crippen LogP contribution in [0.4, 0.5) is 0 Å². The maximum atomic E-state index is 5.68. The van der Waals surface area contributed by atoms with Crippen LogP contribution in [0.3, 0.4) is 0 Å². The van der Waals surface area contributed by atoms with Gasteiger partial charge in [0.2, 0.25) is 0 Å². The molecule has 1 atom stereocenters. The Kier molecular flexibility index (Phi) is 4.39. The lowest BCUT2D eigenvalue weighted by Gasteiger charge is -2.32. The number of hydrogen-bond acceptors (Lipinski definition) is 4. The normalized spacial score (nSPS) is 22.4. The predicted octanol–water partition coefficient (Wildman–Crippen LogP) is 1.52. The first kappa shape index (κ1) is 11.6. The van der Waals surface area contributed by atoms with Crippen LogP contribution in [0, 0.1) is 0 Å². The zero-order chi connectivity index (χ0) is 11.2. The molecule has 0 bridgehead atoms. The summed E-state index contributed by atoms with van der Waals surface area (Å²) >= 11 is 0. The van der Waals surface area contributed by atoms with E-state index in [0.29, 0.717) is 6.10 Å². The third-order valence-corrected chi connectivity index (χ3v) is 2.85. The van der Waals surface area contributed by atoms with Crippen LogP contribution in [0.15, 0.2) is 23.0 Å². The molecule has 1 aromatic heterocycles. The van der Waals surface area contributed by atoms with E-state index >= 15 is 0 Å². The van der Waals surface area contributed by atoms with Gasteiger partial charge in [0.05, 0.1) is 25.2 Å². The van der Waals surface area contributed by atoms with Crippen LogP contribution in [0.2, 0.25) is 0 Å². The lowest BCUT2D eigenvalue weighted by molar-refractivity contribution is -0.0432. The van der Waals surface area contributed by atoms with E-state index in [0.717, 1.165) is 39.3 Å². The van der Waals surface area contributed by atoms with Crippen LogP contribution in [-0.4, -0.2) is 44.4 Å². The summed E-state index contributed by atoms with van der Waals surface area (Å²) in [6.45, 7) is 4.50. The standard InChI is InChI=1S/C12H19NO3/c1-14-5-3-12-9-13(4-7-16-12)8-11-2-6-15-10-11/h2,6,10,12H,3-5,7-9H2,1H3/t12-/m0/s1. The summed E-state index contributed by atoms with van der Waals surface area (Å²) in [6.07, 6.45) is 4.80. The van der Waals surface area contributed by atoms with Gasteiger partial charge in [0.15, 0.2) is 0 Å². The molecule has 0 spiro atoms. The van der Waals surface area contributed by atoms with E-state index in [-0.39, 0.29) is 0 Å². The lowest BCUT2D eigenvalue weighted by atomic mass is 10.2. The zero-order valence-electron chi connectivity index (χ0n) is 9.72. The van der Waals surface area contributed by atoms with Crippen molar-refractivity contribution < 1.29 is 13.9 Å². The highest BCUT2D eigenvalue weighted by atomic mass is 16.5. The van der Waals surface area contributed by atoms with E-state index in [1.54, 1.807) is 19.6 Å². The molecule has 1 aromatic rings. The summed E-state index contributed by atoms with van der Waals surface area (Å²) in [4.78, 5) is 2.40. The molecule has 0 unspecified atom stereocenters. The van der Waals surface area contributed by atoms with Gasteiger partial charge in [0.25, 0.3) is 0 Å². The molecule has 0 radical (unpaired) electrons. The second-order valence-corrected chi connectivity index (χ2v) is 4.14. The van der Waals surface area contributed by atoms with Crippen molar-refractivity contribution in [1.82, 2.24) is 4.90 Å². The maximum Gasteiger partial charge on any atom is 0.0947 e. The smallest absolute Gasteiger partial charge is 0.0947 e. The van der Waals surface area contributed by atoms with E-state index < -0.39 is 0 Å². The molecule has 90 valence electrons. The van der Waals surface area contributed by atoms with Crippen molar-refractivity contribution in [2.24, 2.45) is 0 Å². The van der Waals surface area contributed by atoms with Crippen molar-refractivity contribution in [1.29, 1.82) is 0 Å². The fourth-order valence-electron chi connectivity index (χ4n) is 1.99. The number of rotatable bonds is 5. The largest absolute Gasteiger partial charge is 0.472 e. The first-order chi connectivity index (χ1) is 7.88. The van der Waals surface area contributed by atoms with E-state index in [4.69, 9.17) is 13.9 Å². The zero-order valence-corrected chi connectivity index (χ0v) is 9.72. The third-order valence-electron chi connectivity index (χ3n) is 2.85. The average Bonchev–Trinajstić information content (AvgIpc) is 2.80. The Balaban J connectivity index is 1.77. The van der Waals surface area contributed by atoms with Crippen LogP contribution in [0.1, 0.15) is 12.0 Å². The highest BCUT2D eigenvalue weighted by Gasteiger charge is 2.20. The topological polar surface area (TPSA) is 34.8 Å². The molecule has 1 fully saturated rings. The SMILES string of the molecule is COCC[C@H]1CN(Cc2ccoc2)CCO1. The Morgan fingerprint density at radius 2 is 2.50 bits per heavy atom. The number of furan rings is 1. The Labute approximate surface area is 96.1 Å². The second kappa shape index (κ2) is 6.03. The molecular weight excluding hydrogens is 206 g/mol. The number of nitrogens with zero attached hydrogens (tertiary/aromatic N) is 1. The number of methoxy groups -OCH3 is 1. The van der Waals surface area contributed by atoms with Crippen molar-refractivity contribution >= 4 is 0 Å². The molecule has 16 heavy (non-hydrogen) atoms. The molecule has 2 heterocycles. The monoisotopic (exact) mass is 225 g/mol. The number of hydrogen-bond donors (Lipinski definition) is 0. The summed E-state index contributed by atoms with van der Waals surface area (Å²) in [5.74, 6) is 0. The Hall–Kier alpha value is -0.840. The van der Waals surface area contributed by atoms with Gasteiger partial charge in [-0.3, -0.25) is 4.90 Å². The molecule has 2 rings (SSSR count). The van der Waals surface area contributed by atoms with Crippen LogP contribution >= 0.6 is 0 Å². The van der Waals surface area contributed by atoms with Crippen molar-refractivity contribution in [3.05, 3.63) is 24.2 Å². The third kappa shape index (κ3) is 3.33. The summed E-state index contributed by atoms with van der Waals surface area (Å²) in [7, 11) is 1.73. The molecule has 1 aliphatic rings. The molecule has 0 aliphatic carbocycles. The maximum absolute atomic E-state index is 5.68. The quantitative estimate of drug-likeness (QED) is 0.761. The average molecular weight is 225 g/mol. The van der Waals surface area contributed by atoms with E-state index in [2.05, 4.69) is 4.90 Å². The molecule has 1 aliphatic heterocycles. The highest BCUT2D eigenvalue weighted by Crippen LogP contribution is 2.12. The van der Waals surface area contributed by atoms with Crippen LogP contribution in [0.5, 0.6) is 0 Å². The van der Waals surface area contributed by atoms with Crippen LogP contribution < -0.4 is 0 Å². The first-order valence-electron chi connectivity index (χ1n) is 5.72.